The van der Waals surface area contributed by atoms with E-state index in [4.69, 9.17) is 33.5 Å². The first kappa shape index (κ1) is 15.6. The van der Waals surface area contributed by atoms with E-state index in [1.165, 1.54) is 0 Å². The van der Waals surface area contributed by atoms with Gasteiger partial charge in [0.1, 0.15) is 0 Å². The predicted molar refractivity (Wildman–Crippen MR) is 81.3 cm³/mol. The second-order valence-corrected chi connectivity index (χ2v) is 5.75. The fourth-order valence-corrected chi connectivity index (χ4v) is 2.80. The average Bonchev–Trinajstić information content (AvgIpc) is 3.02. The van der Waals surface area contributed by atoms with Gasteiger partial charge in [0.2, 0.25) is 0 Å². The van der Waals surface area contributed by atoms with Gasteiger partial charge in [0.15, 0.2) is 5.82 Å². The van der Waals surface area contributed by atoms with E-state index in [1.54, 1.807) is 18.2 Å². The van der Waals surface area contributed by atoms with Gasteiger partial charge >= 0.3 is 0 Å². The molecule has 0 atom stereocenters. The van der Waals surface area contributed by atoms with Crippen LogP contribution in [0.4, 0.5) is 0 Å². The molecule has 1 aromatic heterocycles. The molecule has 0 amide bonds. The molecule has 0 aliphatic heterocycles. The van der Waals surface area contributed by atoms with Crippen molar-refractivity contribution in [1.82, 2.24) is 10.1 Å². The van der Waals surface area contributed by atoms with Crippen LogP contribution in [0.5, 0.6) is 0 Å². The molecule has 1 fully saturated rings. The highest BCUT2D eigenvalue weighted by atomic mass is 35.5. The second-order valence-electron chi connectivity index (χ2n) is 4.91. The Morgan fingerprint density at radius 2 is 1.90 bits per heavy atom. The minimum atomic E-state index is -0.465. The standard InChI is InChI=1S/C13H13Cl2N3O.ClH/c14-8-3-4-10(15)9(7-8)11-17-12(18-19-11)13(16)5-1-2-6-13;/h3-4,7H,1-2,5-6,16H2;1H. The lowest BCUT2D eigenvalue weighted by atomic mass is 9.99. The number of nitrogens with two attached hydrogens (primary N) is 1. The molecule has 108 valence electrons. The number of aromatic nitrogens is 2. The molecular weight excluding hydrogens is 321 g/mol. The lowest BCUT2D eigenvalue weighted by Crippen LogP contribution is -2.34. The van der Waals surface area contributed by atoms with E-state index in [0.29, 0.717) is 27.3 Å². The normalized spacial score (nSPS) is 16.9. The highest BCUT2D eigenvalue weighted by molar-refractivity contribution is 6.35. The van der Waals surface area contributed by atoms with Crippen LogP contribution in [0.25, 0.3) is 11.5 Å². The first-order valence-corrected chi connectivity index (χ1v) is 6.93. The molecular formula is C13H14Cl3N3O. The largest absolute Gasteiger partial charge is 0.334 e. The minimum Gasteiger partial charge on any atom is -0.334 e. The van der Waals surface area contributed by atoms with Gasteiger partial charge in [-0.25, -0.2) is 0 Å². The van der Waals surface area contributed by atoms with Gasteiger partial charge in [-0.3, -0.25) is 0 Å². The monoisotopic (exact) mass is 333 g/mol. The summed E-state index contributed by atoms with van der Waals surface area (Å²) < 4.78 is 5.28. The van der Waals surface area contributed by atoms with Crippen LogP contribution in [0.15, 0.2) is 22.7 Å². The summed E-state index contributed by atoms with van der Waals surface area (Å²) >= 11 is 12.1. The van der Waals surface area contributed by atoms with Gasteiger partial charge in [0, 0.05) is 5.02 Å². The Morgan fingerprint density at radius 3 is 2.60 bits per heavy atom. The molecule has 0 saturated heterocycles. The fraction of sp³-hybridized carbons (Fsp3) is 0.385. The molecule has 1 aromatic carbocycles. The Hall–Kier alpha value is -0.810. The van der Waals surface area contributed by atoms with Gasteiger partial charge < -0.3 is 10.3 Å². The molecule has 2 N–H and O–H groups in total. The smallest absolute Gasteiger partial charge is 0.259 e. The quantitative estimate of drug-likeness (QED) is 0.894. The van der Waals surface area contributed by atoms with Crippen molar-refractivity contribution in [2.24, 2.45) is 5.73 Å². The van der Waals surface area contributed by atoms with Crippen LogP contribution in [0.1, 0.15) is 31.5 Å². The average molecular weight is 335 g/mol. The van der Waals surface area contributed by atoms with Crippen molar-refractivity contribution < 1.29 is 4.52 Å². The molecule has 20 heavy (non-hydrogen) atoms. The van der Waals surface area contributed by atoms with Crippen LogP contribution < -0.4 is 5.73 Å². The van der Waals surface area contributed by atoms with E-state index in [1.807, 2.05) is 0 Å². The Labute approximate surface area is 133 Å². The molecule has 0 bridgehead atoms. The zero-order valence-corrected chi connectivity index (χ0v) is 12.9. The van der Waals surface area contributed by atoms with E-state index in [2.05, 4.69) is 10.1 Å². The summed E-state index contributed by atoms with van der Waals surface area (Å²) in [7, 11) is 0. The third-order valence-corrected chi connectivity index (χ3v) is 4.09. The van der Waals surface area contributed by atoms with Crippen LogP contribution in [0, 0.1) is 0 Å². The molecule has 1 heterocycles. The van der Waals surface area contributed by atoms with E-state index in [-0.39, 0.29) is 12.4 Å². The Kier molecular flexibility index (Phi) is 4.59. The van der Waals surface area contributed by atoms with Crippen molar-refractivity contribution in [1.29, 1.82) is 0 Å². The number of benzene rings is 1. The molecule has 1 aliphatic rings. The third kappa shape index (κ3) is 2.79. The second kappa shape index (κ2) is 5.90. The van der Waals surface area contributed by atoms with Gasteiger partial charge in [-0.05, 0) is 31.0 Å². The summed E-state index contributed by atoms with van der Waals surface area (Å²) in [4.78, 5) is 4.39. The van der Waals surface area contributed by atoms with Crippen LogP contribution in [-0.4, -0.2) is 10.1 Å². The predicted octanol–water partition coefficient (Wildman–Crippen LogP) is 4.19. The van der Waals surface area contributed by atoms with Crippen LogP contribution in [0.3, 0.4) is 0 Å². The summed E-state index contributed by atoms with van der Waals surface area (Å²) in [6.45, 7) is 0. The number of hydrogen-bond donors (Lipinski definition) is 1. The maximum atomic E-state index is 6.30. The number of nitrogens with zero attached hydrogens (tertiary/aromatic N) is 2. The Morgan fingerprint density at radius 1 is 1.20 bits per heavy atom. The van der Waals surface area contributed by atoms with Crippen LogP contribution in [0.2, 0.25) is 10.0 Å². The SMILES string of the molecule is Cl.NC1(c2noc(-c3cc(Cl)ccc3Cl)n2)CCCC1. The van der Waals surface area contributed by atoms with E-state index < -0.39 is 5.54 Å². The van der Waals surface area contributed by atoms with E-state index in [0.717, 1.165) is 25.7 Å². The lowest BCUT2D eigenvalue weighted by Gasteiger charge is -2.17. The summed E-state index contributed by atoms with van der Waals surface area (Å²) in [6, 6.07) is 5.13. The van der Waals surface area contributed by atoms with Gasteiger partial charge in [-0.1, -0.05) is 41.2 Å². The van der Waals surface area contributed by atoms with Crippen molar-refractivity contribution in [2.45, 2.75) is 31.2 Å². The number of rotatable bonds is 2. The molecule has 1 saturated carbocycles. The highest BCUT2D eigenvalue weighted by Crippen LogP contribution is 2.36. The lowest BCUT2D eigenvalue weighted by molar-refractivity contribution is 0.372. The number of halogens is 3. The summed E-state index contributed by atoms with van der Waals surface area (Å²) in [5.41, 5.74) is 6.46. The van der Waals surface area contributed by atoms with Crippen LogP contribution >= 0.6 is 35.6 Å². The van der Waals surface area contributed by atoms with Crippen molar-refractivity contribution in [2.75, 3.05) is 0 Å². The first-order valence-electron chi connectivity index (χ1n) is 6.17. The summed E-state index contributed by atoms with van der Waals surface area (Å²) in [5, 5.41) is 5.10. The van der Waals surface area contributed by atoms with Crippen LogP contribution in [-0.2, 0) is 5.54 Å². The minimum absolute atomic E-state index is 0. The number of hydrogen-bond acceptors (Lipinski definition) is 4. The fourth-order valence-electron chi connectivity index (χ4n) is 2.43. The molecule has 7 heteroatoms. The molecule has 0 radical (unpaired) electrons. The third-order valence-electron chi connectivity index (χ3n) is 3.53. The van der Waals surface area contributed by atoms with Crippen molar-refractivity contribution in [3.8, 4) is 11.5 Å². The van der Waals surface area contributed by atoms with E-state index in [9.17, 15) is 0 Å². The molecule has 0 unspecified atom stereocenters. The van der Waals surface area contributed by atoms with E-state index >= 15 is 0 Å². The molecule has 1 aliphatic carbocycles. The van der Waals surface area contributed by atoms with Gasteiger partial charge in [-0.15, -0.1) is 12.4 Å². The molecule has 4 nitrogen and oxygen atoms in total. The Balaban J connectivity index is 0.00000147. The zero-order valence-electron chi connectivity index (χ0n) is 10.6. The molecule has 0 spiro atoms. The first-order chi connectivity index (χ1) is 9.08. The maximum Gasteiger partial charge on any atom is 0.259 e. The molecule has 2 aromatic rings. The van der Waals surface area contributed by atoms with Gasteiger partial charge in [-0.2, -0.15) is 4.98 Å². The summed E-state index contributed by atoms with van der Waals surface area (Å²) in [5.74, 6) is 0.912. The van der Waals surface area contributed by atoms with Crippen molar-refractivity contribution >= 4 is 35.6 Å². The van der Waals surface area contributed by atoms with Gasteiger partial charge in [0.05, 0.1) is 16.1 Å². The highest BCUT2D eigenvalue weighted by Gasteiger charge is 2.36. The maximum absolute atomic E-state index is 6.30. The Bertz CT molecular complexity index is 609. The van der Waals surface area contributed by atoms with Crippen molar-refractivity contribution in [3.63, 3.8) is 0 Å². The summed E-state index contributed by atoms with van der Waals surface area (Å²) in [6.07, 6.45) is 3.96. The van der Waals surface area contributed by atoms with Gasteiger partial charge in [0.25, 0.3) is 5.89 Å². The van der Waals surface area contributed by atoms with Crippen molar-refractivity contribution in [3.05, 3.63) is 34.1 Å². The zero-order chi connectivity index (χ0) is 13.5. The molecule has 3 rings (SSSR count). The topological polar surface area (TPSA) is 64.9 Å².